The molecule has 2 N–H and O–H groups in total. The van der Waals surface area contributed by atoms with Gasteiger partial charge >= 0.3 is 0 Å². The third-order valence-corrected chi connectivity index (χ3v) is 5.72. The van der Waals surface area contributed by atoms with Crippen molar-refractivity contribution in [3.8, 4) is 0 Å². The molecule has 1 aromatic heterocycles. The topological polar surface area (TPSA) is 43.8 Å². The molecule has 3 nitrogen and oxygen atoms in total. The number of thioether (sulfide) groups is 1. The first-order valence-electron chi connectivity index (χ1n) is 7.63. The smallest absolute Gasteiger partial charge is 0.127 e. The Hall–Kier alpha value is -0.640. The van der Waals surface area contributed by atoms with E-state index in [1.54, 1.807) is 0 Å². The van der Waals surface area contributed by atoms with Gasteiger partial charge in [0.25, 0.3) is 0 Å². The summed E-state index contributed by atoms with van der Waals surface area (Å²) >= 11 is 2.04. The van der Waals surface area contributed by atoms with Gasteiger partial charge < -0.3 is 10.3 Å². The molecule has 4 heteroatoms. The lowest BCUT2D eigenvalue weighted by atomic mass is 10.1. The lowest BCUT2D eigenvalue weighted by Gasteiger charge is -2.17. The van der Waals surface area contributed by atoms with Gasteiger partial charge in [0.05, 0.1) is 5.69 Å². The summed E-state index contributed by atoms with van der Waals surface area (Å²) in [7, 11) is 0. The Balaban J connectivity index is 1.99. The number of hydrogen-bond acceptors (Lipinski definition) is 3. The lowest BCUT2D eigenvalue weighted by Crippen LogP contribution is -2.12. The largest absolute Gasteiger partial charge is 0.384 e. The maximum absolute atomic E-state index is 6.44. The molecule has 0 spiro atoms. The summed E-state index contributed by atoms with van der Waals surface area (Å²) in [5, 5.41) is 0. The minimum absolute atomic E-state index is 0.422. The zero-order chi connectivity index (χ0) is 13.4. The molecule has 1 unspecified atom stereocenters. The van der Waals surface area contributed by atoms with E-state index in [9.17, 15) is 0 Å². The maximum Gasteiger partial charge on any atom is 0.127 e. The molecular formula is C15H25N3S. The van der Waals surface area contributed by atoms with Gasteiger partial charge in [-0.05, 0) is 38.9 Å². The van der Waals surface area contributed by atoms with Gasteiger partial charge in [-0.2, -0.15) is 11.8 Å². The average molecular weight is 279 g/mol. The summed E-state index contributed by atoms with van der Waals surface area (Å²) in [6, 6.07) is 0.422. The van der Waals surface area contributed by atoms with E-state index in [2.05, 4.69) is 18.4 Å². The van der Waals surface area contributed by atoms with Crippen LogP contribution in [0.25, 0.3) is 0 Å². The van der Waals surface area contributed by atoms with Crippen molar-refractivity contribution in [3.05, 3.63) is 11.5 Å². The van der Waals surface area contributed by atoms with E-state index in [0.717, 1.165) is 5.82 Å². The third-order valence-electron chi connectivity index (χ3n) is 4.56. The van der Waals surface area contributed by atoms with Gasteiger partial charge in [0.1, 0.15) is 11.6 Å². The molecule has 1 aromatic rings. The number of anilines is 1. The van der Waals surface area contributed by atoms with Gasteiger partial charge in [0.15, 0.2) is 0 Å². The first-order valence-corrected chi connectivity index (χ1v) is 8.79. The second-order valence-electron chi connectivity index (χ2n) is 6.25. The second kappa shape index (κ2) is 5.39. The standard InChI is InChI=1S/C15H25N3S/c1-10(2)18-14(16)13(12-7-8-19-9-12)17-15(18)11-5-3-4-6-11/h10-12H,3-9,16H2,1-2H3. The van der Waals surface area contributed by atoms with Crippen LogP contribution in [0.15, 0.2) is 0 Å². The quantitative estimate of drug-likeness (QED) is 0.912. The molecule has 1 saturated carbocycles. The molecule has 0 radical (unpaired) electrons. The molecule has 1 aliphatic carbocycles. The zero-order valence-electron chi connectivity index (χ0n) is 12.1. The van der Waals surface area contributed by atoms with Crippen molar-refractivity contribution in [1.29, 1.82) is 0 Å². The number of rotatable bonds is 3. The molecule has 3 rings (SSSR count). The SMILES string of the molecule is CC(C)n1c(C2CCCC2)nc(C2CCSC2)c1N. The Labute approximate surface area is 120 Å². The normalized spacial score (nSPS) is 24.7. The van der Waals surface area contributed by atoms with E-state index < -0.39 is 0 Å². The number of hydrogen-bond donors (Lipinski definition) is 1. The fourth-order valence-corrected chi connectivity index (χ4v) is 4.77. The van der Waals surface area contributed by atoms with Crippen LogP contribution in [0.5, 0.6) is 0 Å². The van der Waals surface area contributed by atoms with Crippen molar-refractivity contribution >= 4 is 17.6 Å². The van der Waals surface area contributed by atoms with Gasteiger partial charge in [-0.3, -0.25) is 0 Å². The molecule has 2 aliphatic rings. The van der Waals surface area contributed by atoms with Gasteiger partial charge in [0.2, 0.25) is 0 Å². The molecule has 1 atom stereocenters. The van der Waals surface area contributed by atoms with E-state index in [0.29, 0.717) is 17.9 Å². The van der Waals surface area contributed by atoms with Gasteiger partial charge in [0, 0.05) is 23.6 Å². The average Bonchev–Trinajstić information content (AvgIpc) is 3.08. The van der Waals surface area contributed by atoms with E-state index in [1.165, 1.54) is 55.1 Å². The van der Waals surface area contributed by atoms with Crippen molar-refractivity contribution in [2.24, 2.45) is 0 Å². The summed E-state index contributed by atoms with van der Waals surface area (Å²) in [6.07, 6.45) is 6.53. The van der Waals surface area contributed by atoms with Crippen LogP contribution in [0.2, 0.25) is 0 Å². The van der Waals surface area contributed by atoms with Crippen LogP contribution in [0.4, 0.5) is 5.82 Å². The Bertz CT molecular complexity index is 440. The van der Waals surface area contributed by atoms with Crippen LogP contribution in [0.1, 0.15) is 75.3 Å². The zero-order valence-corrected chi connectivity index (χ0v) is 12.9. The highest BCUT2D eigenvalue weighted by Gasteiger charge is 2.30. The molecule has 2 fully saturated rings. The summed E-state index contributed by atoms with van der Waals surface area (Å²) in [5.74, 6) is 5.92. The fraction of sp³-hybridized carbons (Fsp3) is 0.800. The Morgan fingerprint density at radius 1 is 1.21 bits per heavy atom. The lowest BCUT2D eigenvalue weighted by molar-refractivity contribution is 0.534. The molecule has 1 saturated heterocycles. The van der Waals surface area contributed by atoms with Crippen molar-refractivity contribution in [2.75, 3.05) is 17.2 Å². The van der Waals surface area contributed by atoms with E-state index in [4.69, 9.17) is 10.7 Å². The highest BCUT2D eigenvalue weighted by molar-refractivity contribution is 7.99. The molecule has 2 heterocycles. The Morgan fingerprint density at radius 3 is 2.53 bits per heavy atom. The summed E-state index contributed by atoms with van der Waals surface area (Å²) in [4.78, 5) is 5.02. The summed E-state index contributed by atoms with van der Waals surface area (Å²) in [5.41, 5.74) is 7.64. The first kappa shape index (κ1) is 13.3. The minimum atomic E-state index is 0.422. The van der Waals surface area contributed by atoms with Crippen LogP contribution in [-0.4, -0.2) is 21.1 Å². The highest BCUT2D eigenvalue weighted by atomic mass is 32.2. The van der Waals surface area contributed by atoms with Crippen LogP contribution >= 0.6 is 11.8 Å². The van der Waals surface area contributed by atoms with Crippen LogP contribution in [0, 0.1) is 0 Å². The monoisotopic (exact) mass is 279 g/mol. The van der Waals surface area contributed by atoms with Crippen molar-refractivity contribution in [1.82, 2.24) is 9.55 Å². The number of imidazole rings is 1. The predicted octanol–water partition coefficient (Wildman–Crippen LogP) is 3.92. The van der Waals surface area contributed by atoms with Crippen LogP contribution in [-0.2, 0) is 0 Å². The van der Waals surface area contributed by atoms with Crippen LogP contribution < -0.4 is 5.73 Å². The summed E-state index contributed by atoms with van der Waals surface area (Å²) in [6.45, 7) is 4.45. The highest BCUT2D eigenvalue weighted by Crippen LogP contribution is 2.40. The minimum Gasteiger partial charge on any atom is -0.384 e. The third kappa shape index (κ3) is 2.39. The Kier molecular flexibility index (Phi) is 3.79. The number of nitrogens with zero attached hydrogens (tertiary/aromatic N) is 2. The molecule has 0 aromatic carbocycles. The molecule has 0 bridgehead atoms. The fourth-order valence-electron chi connectivity index (χ4n) is 3.55. The van der Waals surface area contributed by atoms with E-state index in [1.807, 2.05) is 11.8 Å². The van der Waals surface area contributed by atoms with Crippen molar-refractivity contribution in [3.63, 3.8) is 0 Å². The molecule has 19 heavy (non-hydrogen) atoms. The van der Waals surface area contributed by atoms with E-state index >= 15 is 0 Å². The Morgan fingerprint density at radius 2 is 1.95 bits per heavy atom. The number of nitrogen functional groups attached to an aromatic ring is 1. The van der Waals surface area contributed by atoms with Gasteiger partial charge in [-0.25, -0.2) is 4.98 Å². The van der Waals surface area contributed by atoms with Crippen molar-refractivity contribution < 1.29 is 0 Å². The van der Waals surface area contributed by atoms with Gasteiger partial charge in [-0.15, -0.1) is 0 Å². The first-order chi connectivity index (χ1) is 9.18. The van der Waals surface area contributed by atoms with Gasteiger partial charge in [-0.1, -0.05) is 12.8 Å². The second-order valence-corrected chi connectivity index (χ2v) is 7.40. The molecular weight excluding hydrogens is 254 g/mol. The van der Waals surface area contributed by atoms with Crippen molar-refractivity contribution in [2.45, 2.75) is 63.8 Å². The molecule has 106 valence electrons. The maximum atomic E-state index is 6.44. The van der Waals surface area contributed by atoms with Crippen LogP contribution in [0.3, 0.4) is 0 Å². The molecule has 1 aliphatic heterocycles. The predicted molar refractivity (Wildman–Crippen MR) is 82.9 cm³/mol. The number of aromatic nitrogens is 2. The number of nitrogens with two attached hydrogens (primary N) is 1. The van der Waals surface area contributed by atoms with E-state index in [-0.39, 0.29) is 0 Å². The molecule has 0 amide bonds. The summed E-state index contributed by atoms with van der Waals surface area (Å²) < 4.78 is 2.31.